The van der Waals surface area contributed by atoms with Gasteiger partial charge in [0.1, 0.15) is 12.1 Å². The number of nitro groups is 1. The van der Waals surface area contributed by atoms with E-state index in [2.05, 4.69) is 5.32 Å². The molecular formula is C24H24N2O5. The van der Waals surface area contributed by atoms with Crippen LogP contribution in [0.3, 0.4) is 0 Å². The molecule has 7 heteroatoms. The number of non-ortho nitro benzene ring substituents is 1. The number of benzene rings is 3. The molecule has 0 heterocycles. The molecule has 0 radical (unpaired) electrons. The zero-order valence-corrected chi connectivity index (χ0v) is 17.0. The SMILES string of the molecule is CCOC(=O)[C@H](NC(c1ccccc1)c1ccccc1)[C@H](O)c1ccc([N+](=O)[O-])cc1. The van der Waals surface area contributed by atoms with E-state index in [0.29, 0.717) is 5.56 Å². The summed E-state index contributed by atoms with van der Waals surface area (Å²) >= 11 is 0. The zero-order valence-electron chi connectivity index (χ0n) is 17.0. The average Bonchev–Trinajstić information content (AvgIpc) is 2.80. The lowest BCUT2D eigenvalue weighted by molar-refractivity contribution is -0.384. The molecule has 3 aromatic carbocycles. The molecule has 0 aromatic heterocycles. The molecule has 0 aliphatic heterocycles. The number of carbonyl (C=O) groups excluding carboxylic acids is 1. The highest BCUT2D eigenvalue weighted by Crippen LogP contribution is 2.27. The lowest BCUT2D eigenvalue weighted by atomic mass is 9.95. The number of ether oxygens (including phenoxy) is 1. The van der Waals surface area contributed by atoms with Crippen molar-refractivity contribution in [2.75, 3.05) is 6.61 Å². The first kappa shape index (κ1) is 22.1. The van der Waals surface area contributed by atoms with Crippen molar-refractivity contribution < 1.29 is 19.6 Å². The van der Waals surface area contributed by atoms with Crippen LogP contribution >= 0.6 is 0 Å². The van der Waals surface area contributed by atoms with Crippen LogP contribution in [0.4, 0.5) is 5.69 Å². The standard InChI is InChI=1S/C24H24N2O5/c1-2-31-24(28)22(23(27)19-13-15-20(16-14-19)26(29)30)25-21(17-9-5-3-6-10-17)18-11-7-4-8-12-18/h3-16,21-23,25,27H,2H2,1H3/t22-,23-/m1/s1. The molecule has 160 valence electrons. The van der Waals surface area contributed by atoms with Gasteiger partial charge in [-0.3, -0.25) is 20.2 Å². The van der Waals surface area contributed by atoms with Gasteiger partial charge in [-0.25, -0.2) is 0 Å². The van der Waals surface area contributed by atoms with Crippen molar-refractivity contribution in [1.29, 1.82) is 0 Å². The van der Waals surface area contributed by atoms with Crippen molar-refractivity contribution >= 4 is 11.7 Å². The van der Waals surface area contributed by atoms with Crippen LogP contribution < -0.4 is 5.32 Å². The minimum absolute atomic E-state index is 0.0944. The Kier molecular flexibility index (Phi) is 7.48. The summed E-state index contributed by atoms with van der Waals surface area (Å²) in [7, 11) is 0. The fraction of sp³-hybridized carbons (Fsp3) is 0.208. The molecule has 0 saturated carbocycles. The van der Waals surface area contributed by atoms with Gasteiger partial charge in [-0.05, 0) is 35.7 Å². The van der Waals surface area contributed by atoms with Gasteiger partial charge < -0.3 is 9.84 Å². The fourth-order valence-corrected chi connectivity index (χ4v) is 3.36. The number of aliphatic hydroxyl groups is 1. The van der Waals surface area contributed by atoms with Crippen LogP contribution in [0.1, 0.15) is 35.8 Å². The average molecular weight is 420 g/mol. The van der Waals surface area contributed by atoms with Gasteiger partial charge in [0.05, 0.1) is 17.6 Å². The number of rotatable bonds is 9. The Morgan fingerprint density at radius 1 is 0.935 bits per heavy atom. The third-order valence-corrected chi connectivity index (χ3v) is 4.91. The summed E-state index contributed by atoms with van der Waals surface area (Å²) in [5.41, 5.74) is 2.11. The van der Waals surface area contributed by atoms with Gasteiger partial charge in [0.25, 0.3) is 5.69 Å². The Labute approximate surface area is 180 Å². The van der Waals surface area contributed by atoms with Gasteiger partial charge in [0.2, 0.25) is 0 Å². The smallest absolute Gasteiger partial charge is 0.326 e. The van der Waals surface area contributed by atoms with Crippen molar-refractivity contribution in [3.8, 4) is 0 Å². The highest BCUT2D eigenvalue weighted by molar-refractivity contribution is 5.77. The van der Waals surface area contributed by atoms with E-state index < -0.39 is 23.0 Å². The van der Waals surface area contributed by atoms with Gasteiger partial charge in [0.15, 0.2) is 0 Å². The number of carbonyl (C=O) groups is 1. The van der Waals surface area contributed by atoms with Crippen molar-refractivity contribution in [2.45, 2.75) is 25.1 Å². The summed E-state index contributed by atoms with van der Waals surface area (Å²) in [6.45, 7) is 1.85. The lowest BCUT2D eigenvalue weighted by Gasteiger charge is -2.28. The van der Waals surface area contributed by atoms with E-state index in [-0.39, 0.29) is 18.3 Å². The molecule has 3 rings (SSSR count). The number of hydrogen-bond donors (Lipinski definition) is 2. The number of nitro benzene ring substituents is 1. The third kappa shape index (κ3) is 5.53. The van der Waals surface area contributed by atoms with Crippen LogP contribution in [0.5, 0.6) is 0 Å². The summed E-state index contributed by atoms with van der Waals surface area (Å²) in [5.74, 6) is -0.606. The molecular weight excluding hydrogens is 396 g/mol. The van der Waals surface area contributed by atoms with E-state index in [1.165, 1.54) is 24.3 Å². The second-order valence-electron chi connectivity index (χ2n) is 6.94. The molecule has 7 nitrogen and oxygen atoms in total. The summed E-state index contributed by atoms with van der Waals surface area (Å²) < 4.78 is 5.21. The maximum absolute atomic E-state index is 12.8. The molecule has 0 aliphatic rings. The van der Waals surface area contributed by atoms with E-state index >= 15 is 0 Å². The predicted octanol–water partition coefficient (Wildman–Crippen LogP) is 3.94. The first-order chi connectivity index (χ1) is 15.0. The predicted molar refractivity (Wildman–Crippen MR) is 116 cm³/mol. The number of hydrogen-bond acceptors (Lipinski definition) is 6. The van der Waals surface area contributed by atoms with Crippen molar-refractivity contribution in [3.05, 3.63) is 112 Å². The van der Waals surface area contributed by atoms with Gasteiger partial charge in [-0.15, -0.1) is 0 Å². The van der Waals surface area contributed by atoms with Crippen LogP contribution in [0.25, 0.3) is 0 Å². The first-order valence-electron chi connectivity index (χ1n) is 9.96. The number of esters is 1. The Morgan fingerprint density at radius 2 is 1.45 bits per heavy atom. The third-order valence-electron chi connectivity index (χ3n) is 4.91. The topological polar surface area (TPSA) is 102 Å². The Bertz CT molecular complexity index is 954. The number of nitrogens with zero attached hydrogens (tertiary/aromatic N) is 1. The lowest BCUT2D eigenvalue weighted by Crippen LogP contribution is -2.45. The van der Waals surface area contributed by atoms with E-state index in [1.54, 1.807) is 6.92 Å². The van der Waals surface area contributed by atoms with Gasteiger partial charge in [0, 0.05) is 12.1 Å². The number of aliphatic hydroxyl groups excluding tert-OH is 1. The molecule has 0 unspecified atom stereocenters. The minimum Gasteiger partial charge on any atom is -0.465 e. The molecule has 0 saturated heterocycles. The summed E-state index contributed by atoms with van der Waals surface area (Å²) in [6.07, 6.45) is -1.27. The highest BCUT2D eigenvalue weighted by atomic mass is 16.6. The van der Waals surface area contributed by atoms with Crippen LogP contribution in [0.2, 0.25) is 0 Å². The highest BCUT2D eigenvalue weighted by Gasteiger charge is 2.32. The minimum atomic E-state index is -1.27. The summed E-state index contributed by atoms with van der Waals surface area (Å²) in [6, 6.07) is 23.2. The monoisotopic (exact) mass is 420 g/mol. The first-order valence-corrected chi connectivity index (χ1v) is 9.96. The Balaban J connectivity index is 1.96. The second kappa shape index (κ2) is 10.5. The van der Waals surface area contributed by atoms with Crippen molar-refractivity contribution in [1.82, 2.24) is 5.32 Å². The molecule has 0 amide bonds. The quantitative estimate of drug-likeness (QED) is 0.309. The molecule has 3 aromatic rings. The van der Waals surface area contributed by atoms with Crippen LogP contribution in [0.15, 0.2) is 84.9 Å². The van der Waals surface area contributed by atoms with Gasteiger partial charge >= 0.3 is 5.97 Å². The molecule has 0 aliphatic carbocycles. The van der Waals surface area contributed by atoms with Gasteiger partial charge in [-0.1, -0.05) is 60.7 Å². The Hall–Kier alpha value is -3.55. The maximum atomic E-state index is 12.8. The van der Waals surface area contributed by atoms with E-state index in [0.717, 1.165) is 11.1 Å². The van der Waals surface area contributed by atoms with Crippen LogP contribution in [-0.2, 0) is 9.53 Å². The van der Waals surface area contributed by atoms with E-state index in [4.69, 9.17) is 4.74 Å². The maximum Gasteiger partial charge on any atom is 0.326 e. The van der Waals surface area contributed by atoms with Gasteiger partial charge in [-0.2, -0.15) is 0 Å². The summed E-state index contributed by atoms with van der Waals surface area (Å²) in [5, 5.41) is 25.2. The molecule has 0 spiro atoms. The molecule has 31 heavy (non-hydrogen) atoms. The van der Waals surface area contributed by atoms with Crippen LogP contribution in [-0.4, -0.2) is 28.6 Å². The largest absolute Gasteiger partial charge is 0.465 e. The van der Waals surface area contributed by atoms with Crippen molar-refractivity contribution in [3.63, 3.8) is 0 Å². The fourth-order valence-electron chi connectivity index (χ4n) is 3.36. The second-order valence-corrected chi connectivity index (χ2v) is 6.94. The Morgan fingerprint density at radius 3 is 1.90 bits per heavy atom. The molecule has 2 N–H and O–H groups in total. The summed E-state index contributed by atoms with van der Waals surface area (Å²) in [4.78, 5) is 23.2. The van der Waals surface area contributed by atoms with Crippen molar-refractivity contribution in [2.24, 2.45) is 0 Å². The van der Waals surface area contributed by atoms with Crippen LogP contribution in [0, 0.1) is 10.1 Å². The molecule has 2 atom stereocenters. The molecule has 0 bridgehead atoms. The van der Waals surface area contributed by atoms with E-state index in [1.807, 2.05) is 60.7 Å². The molecule has 0 fully saturated rings. The normalized spacial score (nSPS) is 12.9. The zero-order chi connectivity index (χ0) is 22.2. The number of nitrogens with one attached hydrogen (secondary N) is 1. The van der Waals surface area contributed by atoms with E-state index in [9.17, 15) is 20.0 Å².